The van der Waals surface area contributed by atoms with E-state index >= 15 is 0 Å². The number of halogens is 3. The van der Waals surface area contributed by atoms with Crippen molar-refractivity contribution in [3.05, 3.63) is 42.2 Å². The molecule has 4 rings (SSSR count). The molecule has 1 aromatic heterocycles. The van der Waals surface area contributed by atoms with Gasteiger partial charge in [0, 0.05) is 50.2 Å². The van der Waals surface area contributed by atoms with Crippen LogP contribution in [0.3, 0.4) is 0 Å². The maximum Gasteiger partial charge on any atom is 0.393 e. The molecule has 29 heavy (non-hydrogen) atoms. The van der Waals surface area contributed by atoms with Crippen LogP contribution in [-0.2, 0) is 6.42 Å². The highest BCUT2D eigenvalue weighted by atomic mass is 19.4. The van der Waals surface area contributed by atoms with Crippen molar-refractivity contribution >= 4 is 6.03 Å². The lowest BCUT2D eigenvalue weighted by Gasteiger charge is -2.35. The first-order valence-corrected chi connectivity index (χ1v) is 10.1. The van der Waals surface area contributed by atoms with Crippen LogP contribution in [0, 0.1) is 0 Å². The van der Waals surface area contributed by atoms with Crippen molar-refractivity contribution in [1.29, 1.82) is 0 Å². The van der Waals surface area contributed by atoms with Crippen molar-refractivity contribution in [3.8, 4) is 11.4 Å². The van der Waals surface area contributed by atoms with Crippen molar-refractivity contribution in [2.75, 3.05) is 26.2 Å². The second-order valence-electron chi connectivity index (χ2n) is 7.84. The third-order valence-corrected chi connectivity index (χ3v) is 5.79. The van der Waals surface area contributed by atoms with Crippen LogP contribution in [0.1, 0.15) is 37.3 Å². The molecule has 0 aliphatic carbocycles. The van der Waals surface area contributed by atoms with Crippen molar-refractivity contribution in [2.45, 2.75) is 44.3 Å². The van der Waals surface area contributed by atoms with Gasteiger partial charge in [-0.1, -0.05) is 24.3 Å². The summed E-state index contributed by atoms with van der Waals surface area (Å²) in [6, 6.07) is 6.80. The van der Waals surface area contributed by atoms with E-state index < -0.39 is 12.6 Å². The second kappa shape index (κ2) is 8.08. The summed E-state index contributed by atoms with van der Waals surface area (Å²) >= 11 is 0. The van der Waals surface area contributed by atoms with Gasteiger partial charge < -0.3 is 14.4 Å². The lowest BCUT2D eigenvalue weighted by atomic mass is 10.0. The van der Waals surface area contributed by atoms with Crippen LogP contribution in [0.2, 0.25) is 0 Å². The molecule has 0 spiro atoms. The van der Waals surface area contributed by atoms with Crippen LogP contribution in [-0.4, -0.2) is 57.7 Å². The molecule has 0 N–H and O–H groups in total. The van der Waals surface area contributed by atoms with Gasteiger partial charge in [-0.05, 0) is 31.2 Å². The van der Waals surface area contributed by atoms with E-state index in [1.54, 1.807) is 18.3 Å². The van der Waals surface area contributed by atoms with Crippen LogP contribution in [0.5, 0.6) is 0 Å². The fraction of sp³-hybridized carbons (Fsp3) is 0.524. The maximum absolute atomic E-state index is 12.6. The number of imidazole rings is 1. The Bertz CT molecular complexity index is 832. The second-order valence-corrected chi connectivity index (χ2v) is 7.84. The quantitative estimate of drug-likeness (QED) is 0.753. The first kappa shape index (κ1) is 19.8. The summed E-state index contributed by atoms with van der Waals surface area (Å²) in [4.78, 5) is 20.9. The van der Waals surface area contributed by atoms with Gasteiger partial charge in [0.05, 0.1) is 6.42 Å². The molecule has 0 bridgehead atoms. The van der Waals surface area contributed by atoms with Gasteiger partial charge in [-0.25, -0.2) is 9.78 Å². The van der Waals surface area contributed by atoms with Gasteiger partial charge in [0.15, 0.2) is 0 Å². The van der Waals surface area contributed by atoms with E-state index in [0.29, 0.717) is 13.1 Å². The lowest BCUT2D eigenvalue weighted by molar-refractivity contribution is -0.127. The van der Waals surface area contributed by atoms with Gasteiger partial charge in [0.1, 0.15) is 5.82 Å². The molecule has 2 amide bonds. The maximum atomic E-state index is 12.6. The zero-order valence-electron chi connectivity index (χ0n) is 16.2. The zero-order valence-corrected chi connectivity index (χ0v) is 16.2. The molecule has 1 aromatic carbocycles. The summed E-state index contributed by atoms with van der Waals surface area (Å²) in [5, 5.41) is 0. The molecule has 8 heteroatoms. The number of urea groups is 1. The Morgan fingerprint density at radius 2 is 1.62 bits per heavy atom. The van der Waals surface area contributed by atoms with Gasteiger partial charge in [-0.15, -0.1) is 0 Å². The van der Waals surface area contributed by atoms with E-state index in [9.17, 15) is 18.0 Å². The molecule has 0 unspecified atom stereocenters. The Morgan fingerprint density at radius 3 is 2.24 bits per heavy atom. The molecule has 0 atom stereocenters. The SMILES string of the molecule is O=C(N1CCCC1)N1CCC(n2ccnc2-c2ccc(CC(F)(F)F)cc2)CC1. The summed E-state index contributed by atoms with van der Waals surface area (Å²) in [6.45, 7) is 3.13. The fourth-order valence-electron chi connectivity index (χ4n) is 4.28. The Balaban J connectivity index is 1.41. The number of amides is 2. The highest BCUT2D eigenvalue weighted by Gasteiger charge is 2.29. The molecular formula is C21H25F3N4O. The third kappa shape index (κ3) is 4.57. The van der Waals surface area contributed by atoms with Gasteiger partial charge in [0.25, 0.3) is 0 Å². The van der Waals surface area contributed by atoms with Crippen molar-refractivity contribution < 1.29 is 18.0 Å². The van der Waals surface area contributed by atoms with E-state index in [1.807, 2.05) is 16.0 Å². The molecule has 2 aliphatic heterocycles. The van der Waals surface area contributed by atoms with Crippen molar-refractivity contribution in [2.24, 2.45) is 0 Å². The molecule has 2 fully saturated rings. The van der Waals surface area contributed by atoms with Crippen LogP contribution in [0.4, 0.5) is 18.0 Å². The number of piperidine rings is 1. The monoisotopic (exact) mass is 406 g/mol. The summed E-state index contributed by atoms with van der Waals surface area (Å²) in [5.41, 5.74) is 1.05. The van der Waals surface area contributed by atoms with Crippen LogP contribution in [0.15, 0.2) is 36.7 Å². The largest absolute Gasteiger partial charge is 0.393 e. The molecule has 2 aliphatic rings. The molecular weight excluding hydrogens is 381 g/mol. The highest BCUT2D eigenvalue weighted by Crippen LogP contribution is 2.30. The minimum absolute atomic E-state index is 0.145. The number of nitrogens with zero attached hydrogens (tertiary/aromatic N) is 4. The van der Waals surface area contributed by atoms with Gasteiger partial charge >= 0.3 is 12.2 Å². The predicted octanol–water partition coefficient (Wildman–Crippen LogP) is 4.51. The standard InChI is InChI=1S/C21H25F3N4O/c22-21(23,24)15-16-3-5-17(6-4-16)19-25-9-14-28(19)18-7-12-27(13-8-18)20(29)26-10-1-2-11-26/h3-6,9,14,18H,1-2,7-8,10-13,15H2. The van der Waals surface area contributed by atoms with Gasteiger partial charge in [0.2, 0.25) is 0 Å². The average molecular weight is 406 g/mol. The molecule has 2 aromatic rings. The molecule has 2 saturated heterocycles. The number of hydrogen-bond acceptors (Lipinski definition) is 2. The van der Waals surface area contributed by atoms with E-state index in [4.69, 9.17) is 0 Å². The van der Waals surface area contributed by atoms with Crippen LogP contribution < -0.4 is 0 Å². The van der Waals surface area contributed by atoms with Gasteiger partial charge in [-0.3, -0.25) is 0 Å². The summed E-state index contributed by atoms with van der Waals surface area (Å²) < 4.78 is 39.8. The topological polar surface area (TPSA) is 41.4 Å². The minimum atomic E-state index is -4.21. The smallest absolute Gasteiger partial charge is 0.328 e. The molecule has 0 radical (unpaired) electrons. The molecule has 0 saturated carbocycles. The number of carbonyl (C=O) groups is 1. The average Bonchev–Trinajstić information content (AvgIpc) is 3.39. The Hall–Kier alpha value is -2.51. The summed E-state index contributed by atoms with van der Waals surface area (Å²) in [6.07, 6.45) is 2.36. The number of carbonyl (C=O) groups excluding carboxylic acids is 1. The number of hydrogen-bond donors (Lipinski definition) is 0. The van der Waals surface area contributed by atoms with E-state index in [1.165, 1.54) is 12.1 Å². The normalized spacial score (nSPS) is 18.4. The Kier molecular flexibility index (Phi) is 5.52. The number of rotatable bonds is 3. The van der Waals surface area contributed by atoms with Crippen LogP contribution >= 0.6 is 0 Å². The third-order valence-electron chi connectivity index (χ3n) is 5.79. The highest BCUT2D eigenvalue weighted by molar-refractivity contribution is 5.74. The summed E-state index contributed by atoms with van der Waals surface area (Å²) in [7, 11) is 0. The number of alkyl halides is 3. The zero-order chi connectivity index (χ0) is 20.4. The molecule has 5 nitrogen and oxygen atoms in total. The van der Waals surface area contributed by atoms with E-state index in [0.717, 1.165) is 50.2 Å². The predicted molar refractivity (Wildman–Crippen MR) is 103 cm³/mol. The Labute approximate surface area is 168 Å². The number of likely N-dealkylation sites (tertiary alicyclic amines) is 2. The van der Waals surface area contributed by atoms with Crippen LogP contribution in [0.25, 0.3) is 11.4 Å². The lowest BCUT2D eigenvalue weighted by Crippen LogP contribution is -2.45. The molecule has 156 valence electrons. The Morgan fingerprint density at radius 1 is 1.00 bits per heavy atom. The molecule has 3 heterocycles. The summed E-state index contributed by atoms with van der Waals surface area (Å²) in [5.74, 6) is 0.757. The van der Waals surface area contributed by atoms with Crippen molar-refractivity contribution in [1.82, 2.24) is 19.4 Å². The number of benzene rings is 1. The van der Waals surface area contributed by atoms with E-state index in [2.05, 4.69) is 9.55 Å². The minimum Gasteiger partial charge on any atom is -0.328 e. The first-order valence-electron chi connectivity index (χ1n) is 10.1. The van der Waals surface area contributed by atoms with Gasteiger partial charge in [-0.2, -0.15) is 13.2 Å². The van der Waals surface area contributed by atoms with Crippen molar-refractivity contribution in [3.63, 3.8) is 0 Å². The van der Waals surface area contributed by atoms with E-state index in [-0.39, 0.29) is 17.6 Å². The fourth-order valence-corrected chi connectivity index (χ4v) is 4.28. The first-order chi connectivity index (χ1) is 13.9. The number of aromatic nitrogens is 2.